The molecule has 0 atom stereocenters. The molecule has 1 aliphatic carbocycles. The molecule has 0 saturated heterocycles. The summed E-state index contributed by atoms with van der Waals surface area (Å²) in [6, 6.07) is 1.25. The SMILES string of the molecule is CCn1cc(-c2cncn2C2CCC(NC)CC2)cn1. The van der Waals surface area contributed by atoms with Crippen LogP contribution >= 0.6 is 0 Å². The second-order valence-corrected chi connectivity index (χ2v) is 5.56. The minimum Gasteiger partial charge on any atom is -0.327 e. The van der Waals surface area contributed by atoms with Crippen molar-refractivity contribution < 1.29 is 0 Å². The average Bonchev–Trinajstić information content (AvgIpc) is 3.15. The summed E-state index contributed by atoms with van der Waals surface area (Å²) in [5.41, 5.74) is 2.36. The predicted molar refractivity (Wildman–Crippen MR) is 79.5 cm³/mol. The highest BCUT2D eigenvalue weighted by molar-refractivity contribution is 5.56. The smallest absolute Gasteiger partial charge is 0.0953 e. The Morgan fingerprint density at radius 3 is 2.70 bits per heavy atom. The molecule has 108 valence electrons. The van der Waals surface area contributed by atoms with Crippen molar-refractivity contribution in [2.24, 2.45) is 0 Å². The van der Waals surface area contributed by atoms with E-state index >= 15 is 0 Å². The van der Waals surface area contributed by atoms with Gasteiger partial charge in [-0.2, -0.15) is 5.10 Å². The largest absolute Gasteiger partial charge is 0.327 e. The van der Waals surface area contributed by atoms with E-state index in [2.05, 4.69) is 40.1 Å². The molecule has 2 heterocycles. The van der Waals surface area contributed by atoms with E-state index in [0.717, 1.165) is 6.54 Å². The summed E-state index contributed by atoms with van der Waals surface area (Å²) in [5, 5.41) is 7.76. The van der Waals surface area contributed by atoms with Gasteiger partial charge < -0.3 is 9.88 Å². The lowest BCUT2D eigenvalue weighted by Crippen LogP contribution is -2.31. The molecule has 1 aliphatic rings. The molecule has 0 bridgehead atoms. The number of nitrogens with one attached hydrogen (secondary N) is 1. The maximum atomic E-state index is 4.37. The van der Waals surface area contributed by atoms with E-state index in [9.17, 15) is 0 Å². The fourth-order valence-electron chi connectivity index (χ4n) is 3.13. The zero-order valence-corrected chi connectivity index (χ0v) is 12.3. The summed E-state index contributed by atoms with van der Waals surface area (Å²) >= 11 is 0. The van der Waals surface area contributed by atoms with E-state index in [4.69, 9.17) is 0 Å². The second-order valence-electron chi connectivity index (χ2n) is 5.56. The van der Waals surface area contributed by atoms with Gasteiger partial charge in [-0.25, -0.2) is 4.98 Å². The number of aromatic nitrogens is 4. The van der Waals surface area contributed by atoms with Gasteiger partial charge >= 0.3 is 0 Å². The third-order valence-corrected chi connectivity index (χ3v) is 4.42. The molecule has 0 aromatic carbocycles. The van der Waals surface area contributed by atoms with Crippen molar-refractivity contribution in [1.82, 2.24) is 24.6 Å². The Kier molecular flexibility index (Phi) is 3.87. The van der Waals surface area contributed by atoms with Crippen LogP contribution < -0.4 is 5.32 Å². The highest BCUT2D eigenvalue weighted by atomic mass is 15.3. The summed E-state index contributed by atoms with van der Waals surface area (Å²) < 4.78 is 4.30. The van der Waals surface area contributed by atoms with Crippen LogP contribution in [0.5, 0.6) is 0 Å². The van der Waals surface area contributed by atoms with Crippen molar-refractivity contribution >= 4 is 0 Å². The molecule has 20 heavy (non-hydrogen) atoms. The van der Waals surface area contributed by atoms with Gasteiger partial charge in [0, 0.05) is 30.4 Å². The van der Waals surface area contributed by atoms with Crippen molar-refractivity contribution in [1.29, 1.82) is 0 Å². The standard InChI is InChI=1S/C15H23N5/c1-3-19-10-12(8-18-19)15-9-17-11-20(15)14-6-4-13(16-2)5-7-14/h8-11,13-14,16H,3-7H2,1-2H3. The third kappa shape index (κ3) is 2.50. The summed E-state index contributed by atoms with van der Waals surface area (Å²) in [6.07, 6.45) is 12.9. The minimum absolute atomic E-state index is 0.571. The maximum absolute atomic E-state index is 4.37. The number of rotatable bonds is 4. The number of hydrogen-bond acceptors (Lipinski definition) is 3. The van der Waals surface area contributed by atoms with Crippen molar-refractivity contribution in [3.63, 3.8) is 0 Å². The molecular formula is C15H23N5. The lowest BCUT2D eigenvalue weighted by atomic mass is 9.91. The first-order valence-corrected chi connectivity index (χ1v) is 7.53. The molecule has 0 amide bonds. The Hall–Kier alpha value is -1.62. The van der Waals surface area contributed by atoms with Crippen LogP contribution in [0.2, 0.25) is 0 Å². The van der Waals surface area contributed by atoms with Crippen LogP contribution in [-0.4, -0.2) is 32.4 Å². The molecule has 1 N–H and O–H groups in total. The molecule has 0 aliphatic heterocycles. The normalized spacial score (nSPS) is 23.1. The topological polar surface area (TPSA) is 47.7 Å². The van der Waals surface area contributed by atoms with Crippen molar-refractivity contribution in [2.45, 2.75) is 51.2 Å². The molecule has 1 fully saturated rings. The number of nitrogens with zero attached hydrogens (tertiary/aromatic N) is 4. The molecule has 2 aromatic heterocycles. The van der Waals surface area contributed by atoms with Crippen molar-refractivity contribution in [3.05, 3.63) is 24.9 Å². The Balaban J connectivity index is 1.80. The monoisotopic (exact) mass is 273 g/mol. The maximum Gasteiger partial charge on any atom is 0.0953 e. The molecule has 5 nitrogen and oxygen atoms in total. The van der Waals surface area contributed by atoms with Crippen LogP contribution in [0.25, 0.3) is 11.3 Å². The summed E-state index contributed by atoms with van der Waals surface area (Å²) in [6.45, 7) is 3.01. The molecule has 2 aromatic rings. The quantitative estimate of drug-likeness (QED) is 0.931. The summed E-state index contributed by atoms with van der Waals surface area (Å²) in [5.74, 6) is 0. The van der Waals surface area contributed by atoms with Gasteiger partial charge in [0.2, 0.25) is 0 Å². The van der Waals surface area contributed by atoms with Gasteiger partial charge in [-0.15, -0.1) is 0 Å². The van der Waals surface area contributed by atoms with Gasteiger partial charge in [0.05, 0.1) is 24.4 Å². The van der Waals surface area contributed by atoms with Crippen molar-refractivity contribution in [2.75, 3.05) is 7.05 Å². The van der Waals surface area contributed by atoms with Crippen LogP contribution in [0.1, 0.15) is 38.6 Å². The summed E-state index contributed by atoms with van der Waals surface area (Å²) in [7, 11) is 2.06. The lowest BCUT2D eigenvalue weighted by Gasteiger charge is -2.30. The van der Waals surface area contributed by atoms with E-state index < -0.39 is 0 Å². The summed E-state index contributed by atoms with van der Waals surface area (Å²) in [4.78, 5) is 4.36. The molecule has 0 radical (unpaired) electrons. The van der Waals surface area contributed by atoms with E-state index in [1.807, 2.05) is 23.4 Å². The van der Waals surface area contributed by atoms with Gasteiger partial charge in [-0.05, 0) is 39.7 Å². The molecule has 3 rings (SSSR count). The molecular weight excluding hydrogens is 250 g/mol. The molecule has 0 spiro atoms. The fraction of sp³-hybridized carbons (Fsp3) is 0.600. The Labute approximate surface area is 120 Å². The number of imidazole rings is 1. The zero-order chi connectivity index (χ0) is 13.9. The van der Waals surface area contributed by atoms with E-state index in [1.54, 1.807) is 0 Å². The first-order chi connectivity index (χ1) is 9.81. The fourth-order valence-corrected chi connectivity index (χ4v) is 3.13. The van der Waals surface area contributed by atoms with Gasteiger partial charge in [0.25, 0.3) is 0 Å². The van der Waals surface area contributed by atoms with Crippen LogP contribution in [0.15, 0.2) is 24.9 Å². The van der Waals surface area contributed by atoms with E-state index in [-0.39, 0.29) is 0 Å². The molecule has 1 saturated carbocycles. The van der Waals surface area contributed by atoms with E-state index in [1.165, 1.54) is 36.9 Å². The van der Waals surface area contributed by atoms with Crippen LogP contribution in [-0.2, 0) is 6.54 Å². The highest BCUT2D eigenvalue weighted by Crippen LogP contribution is 2.32. The van der Waals surface area contributed by atoms with Crippen molar-refractivity contribution in [3.8, 4) is 11.3 Å². The number of hydrogen-bond donors (Lipinski definition) is 1. The van der Waals surface area contributed by atoms with Crippen LogP contribution in [0.3, 0.4) is 0 Å². The predicted octanol–water partition coefficient (Wildman–Crippen LogP) is 2.47. The van der Waals surface area contributed by atoms with Crippen LogP contribution in [0.4, 0.5) is 0 Å². The van der Waals surface area contributed by atoms with Gasteiger partial charge in [0.1, 0.15) is 0 Å². The first-order valence-electron chi connectivity index (χ1n) is 7.53. The van der Waals surface area contributed by atoms with Gasteiger partial charge in [-0.3, -0.25) is 4.68 Å². The second kappa shape index (κ2) is 5.79. The average molecular weight is 273 g/mol. The van der Waals surface area contributed by atoms with E-state index in [0.29, 0.717) is 12.1 Å². The lowest BCUT2D eigenvalue weighted by molar-refractivity contribution is 0.302. The Bertz CT molecular complexity index is 548. The Morgan fingerprint density at radius 1 is 1.25 bits per heavy atom. The molecule has 5 heteroatoms. The zero-order valence-electron chi connectivity index (χ0n) is 12.3. The first kappa shape index (κ1) is 13.4. The van der Waals surface area contributed by atoms with Gasteiger partial charge in [-0.1, -0.05) is 0 Å². The third-order valence-electron chi connectivity index (χ3n) is 4.42. The Morgan fingerprint density at radius 2 is 2.05 bits per heavy atom. The molecule has 0 unspecified atom stereocenters. The highest BCUT2D eigenvalue weighted by Gasteiger charge is 2.23. The minimum atomic E-state index is 0.571. The number of aryl methyl sites for hydroxylation is 1. The van der Waals surface area contributed by atoms with Crippen LogP contribution in [0, 0.1) is 0 Å². The van der Waals surface area contributed by atoms with Gasteiger partial charge in [0.15, 0.2) is 0 Å².